The van der Waals surface area contributed by atoms with E-state index in [1.54, 1.807) is 36.5 Å². The quantitative estimate of drug-likeness (QED) is 0.687. The van der Waals surface area contributed by atoms with Crippen molar-refractivity contribution in [2.24, 2.45) is 10.7 Å². The summed E-state index contributed by atoms with van der Waals surface area (Å²) in [6.07, 6.45) is 1.26. The van der Waals surface area contributed by atoms with E-state index < -0.39 is 17.9 Å². The number of rotatable bonds is 4. The molecule has 9 heteroatoms. The number of pyridine rings is 2. The minimum atomic E-state index is -2.76. The highest BCUT2D eigenvalue weighted by atomic mass is 35.5. The molecule has 2 N–H and O–H groups in total. The van der Waals surface area contributed by atoms with Crippen LogP contribution in [-0.4, -0.2) is 33.8 Å². The van der Waals surface area contributed by atoms with Crippen molar-refractivity contribution in [3.8, 4) is 11.3 Å². The Morgan fingerprint density at radius 1 is 1.13 bits per heavy atom. The van der Waals surface area contributed by atoms with E-state index in [0.29, 0.717) is 21.8 Å². The smallest absolute Gasteiger partial charge is 0.266 e. The highest BCUT2D eigenvalue weighted by Gasteiger charge is 2.50. The number of aromatic nitrogens is 2. The molecular weight excluding hydrogens is 412 g/mol. The number of carbonyl (C=O) groups excluding carboxylic acids is 1. The molecule has 1 atom stereocenters. The SMILES string of the molecule is CN1C(=O)C(c2cc(Cl)cc(-c3ccccn3)c2)(c2cncc(C(F)F)c2)N=C1N. The van der Waals surface area contributed by atoms with Crippen molar-refractivity contribution < 1.29 is 13.6 Å². The first-order chi connectivity index (χ1) is 14.3. The Hall–Kier alpha value is -3.39. The fourth-order valence-electron chi connectivity index (χ4n) is 3.44. The summed E-state index contributed by atoms with van der Waals surface area (Å²) in [6.45, 7) is 0. The second-order valence-corrected chi connectivity index (χ2v) is 7.23. The molecule has 152 valence electrons. The van der Waals surface area contributed by atoms with Crippen molar-refractivity contribution >= 4 is 23.5 Å². The predicted octanol–water partition coefficient (Wildman–Crippen LogP) is 3.76. The minimum absolute atomic E-state index is 0.0400. The minimum Gasteiger partial charge on any atom is -0.369 e. The van der Waals surface area contributed by atoms with E-state index in [2.05, 4.69) is 15.0 Å². The number of benzene rings is 1. The van der Waals surface area contributed by atoms with Gasteiger partial charge in [0.05, 0.1) is 5.69 Å². The molecule has 0 spiro atoms. The molecule has 3 heterocycles. The van der Waals surface area contributed by atoms with E-state index >= 15 is 0 Å². The van der Waals surface area contributed by atoms with Gasteiger partial charge in [-0.3, -0.25) is 19.7 Å². The molecule has 1 aromatic carbocycles. The van der Waals surface area contributed by atoms with E-state index in [1.807, 2.05) is 6.07 Å². The third-order valence-corrected chi connectivity index (χ3v) is 5.16. The molecule has 3 aromatic rings. The lowest BCUT2D eigenvalue weighted by Crippen LogP contribution is -2.41. The van der Waals surface area contributed by atoms with Crippen LogP contribution in [-0.2, 0) is 10.3 Å². The van der Waals surface area contributed by atoms with E-state index in [0.717, 1.165) is 6.20 Å². The predicted molar refractivity (Wildman–Crippen MR) is 109 cm³/mol. The lowest BCUT2D eigenvalue weighted by Gasteiger charge is -2.27. The fourth-order valence-corrected chi connectivity index (χ4v) is 3.67. The normalized spacial score (nSPS) is 18.8. The van der Waals surface area contributed by atoms with Gasteiger partial charge in [-0.05, 0) is 42.0 Å². The van der Waals surface area contributed by atoms with Gasteiger partial charge in [0.25, 0.3) is 12.3 Å². The van der Waals surface area contributed by atoms with Crippen molar-refractivity contribution in [2.75, 3.05) is 7.05 Å². The Morgan fingerprint density at radius 2 is 1.93 bits per heavy atom. The molecule has 0 radical (unpaired) electrons. The number of nitrogens with two attached hydrogens (primary N) is 1. The van der Waals surface area contributed by atoms with Gasteiger partial charge in [0.1, 0.15) is 0 Å². The number of hydrogen-bond donors (Lipinski definition) is 1. The topological polar surface area (TPSA) is 84.5 Å². The molecule has 1 aliphatic rings. The Bertz CT molecular complexity index is 1160. The van der Waals surface area contributed by atoms with E-state index in [9.17, 15) is 13.6 Å². The van der Waals surface area contributed by atoms with Crippen LogP contribution in [0.25, 0.3) is 11.3 Å². The van der Waals surface area contributed by atoms with Gasteiger partial charge in [-0.1, -0.05) is 17.7 Å². The van der Waals surface area contributed by atoms with Crippen LogP contribution in [0.4, 0.5) is 8.78 Å². The number of halogens is 3. The number of hydrogen-bond acceptors (Lipinski definition) is 5. The van der Waals surface area contributed by atoms with Crippen LogP contribution in [0.3, 0.4) is 0 Å². The molecule has 30 heavy (non-hydrogen) atoms. The van der Waals surface area contributed by atoms with Crippen LogP contribution < -0.4 is 5.73 Å². The zero-order valence-corrected chi connectivity index (χ0v) is 16.5. The van der Waals surface area contributed by atoms with Crippen LogP contribution in [0.5, 0.6) is 0 Å². The summed E-state index contributed by atoms with van der Waals surface area (Å²) in [5, 5.41) is 0.335. The number of carbonyl (C=O) groups is 1. The van der Waals surface area contributed by atoms with Crippen molar-refractivity contribution in [1.29, 1.82) is 0 Å². The molecule has 0 saturated carbocycles. The Balaban J connectivity index is 1.99. The van der Waals surface area contributed by atoms with Gasteiger partial charge in [-0.2, -0.15) is 0 Å². The molecule has 4 rings (SSSR count). The maximum Gasteiger partial charge on any atom is 0.266 e. The highest BCUT2D eigenvalue weighted by Crippen LogP contribution is 2.42. The third kappa shape index (κ3) is 3.19. The largest absolute Gasteiger partial charge is 0.369 e. The Morgan fingerprint density at radius 3 is 2.57 bits per heavy atom. The average molecular weight is 428 g/mol. The summed E-state index contributed by atoms with van der Waals surface area (Å²) in [4.78, 5) is 27.1. The van der Waals surface area contributed by atoms with Crippen LogP contribution in [0, 0.1) is 0 Å². The Kier molecular flexibility index (Phi) is 4.95. The monoisotopic (exact) mass is 427 g/mol. The summed E-state index contributed by atoms with van der Waals surface area (Å²) in [5.74, 6) is -0.538. The standard InChI is InChI=1S/C21H16ClF2N5O/c1-29-19(30)21(28-20(29)25,15-7-13(18(23)24)10-26-11-15)14-6-12(8-16(22)9-14)17-4-2-3-5-27-17/h2-11,18H,1H3,(H2,25,28). The van der Waals surface area contributed by atoms with Gasteiger partial charge >= 0.3 is 0 Å². The van der Waals surface area contributed by atoms with E-state index in [4.69, 9.17) is 17.3 Å². The maximum atomic E-state index is 13.3. The number of nitrogens with zero attached hydrogens (tertiary/aromatic N) is 4. The summed E-state index contributed by atoms with van der Waals surface area (Å²) < 4.78 is 26.7. The molecule has 0 bridgehead atoms. The summed E-state index contributed by atoms with van der Waals surface area (Å²) in [6, 6.07) is 11.6. The first-order valence-electron chi connectivity index (χ1n) is 8.92. The van der Waals surface area contributed by atoms with Crippen molar-refractivity contribution in [1.82, 2.24) is 14.9 Å². The first kappa shape index (κ1) is 19.9. The average Bonchev–Trinajstić information content (AvgIpc) is 2.99. The number of alkyl halides is 2. The van der Waals surface area contributed by atoms with Gasteiger partial charge in [-0.25, -0.2) is 13.8 Å². The highest BCUT2D eigenvalue weighted by molar-refractivity contribution is 6.31. The molecule has 1 unspecified atom stereocenters. The van der Waals surface area contributed by atoms with Crippen molar-refractivity contribution in [3.63, 3.8) is 0 Å². The first-order valence-corrected chi connectivity index (χ1v) is 9.30. The molecule has 2 aromatic heterocycles. The lowest BCUT2D eigenvalue weighted by molar-refractivity contribution is -0.129. The van der Waals surface area contributed by atoms with Gasteiger partial charge < -0.3 is 5.73 Å². The van der Waals surface area contributed by atoms with Crippen LogP contribution in [0.15, 0.2) is 66.0 Å². The third-order valence-electron chi connectivity index (χ3n) is 4.95. The van der Waals surface area contributed by atoms with Gasteiger partial charge in [0.2, 0.25) is 0 Å². The molecule has 6 nitrogen and oxygen atoms in total. The van der Waals surface area contributed by atoms with Crippen LogP contribution in [0.2, 0.25) is 5.02 Å². The number of amides is 1. The summed E-state index contributed by atoms with van der Waals surface area (Å²) in [5.41, 5.74) is 5.76. The number of guanidine groups is 1. The van der Waals surface area contributed by atoms with Gasteiger partial charge in [-0.15, -0.1) is 0 Å². The molecular formula is C21H16ClF2N5O. The maximum absolute atomic E-state index is 13.3. The molecule has 0 aliphatic carbocycles. The van der Waals surface area contributed by atoms with Crippen LogP contribution >= 0.6 is 11.6 Å². The molecule has 1 aliphatic heterocycles. The van der Waals surface area contributed by atoms with E-state index in [-0.39, 0.29) is 17.1 Å². The van der Waals surface area contributed by atoms with Gasteiger partial charge in [0, 0.05) is 47.4 Å². The summed E-state index contributed by atoms with van der Waals surface area (Å²) >= 11 is 6.36. The zero-order valence-electron chi connectivity index (χ0n) is 15.8. The zero-order chi connectivity index (χ0) is 21.5. The Labute approximate surface area is 176 Å². The van der Waals surface area contributed by atoms with Gasteiger partial charge in [0.15, 0.2) is 11.5 Å². The van der Waals surface area contributed by atoms with Crippen LogP contribution in [0.1, 0.15) is 23.1 Å². The van der Waals surface area contributed by atoms with Crippen molar-refractivity contribution in [3.05, 3.63) is 82.8 Å². The fraction of sp³-hybridized carbons (Fsp3) is 0.143. The van der Waals surface area contributed by atoms with E-state index in [1.165, 1.54) is 24.2 Å². The number of likely N-dealkylation sites (N-methyl/N-ethyl adjacent to an activating group) is 1. The number of aliphatic imine (C=N–C) groups is 1. The lowest BCUT2D eigenvalue weighted by atomic mass is 9.82. The molecule has 1 amide bonds. The van der Waals surface area contributed by atoms with Crippen molar-refractivity contribution in [2.45, 2.75) is 12.0 Å². The second kappa shape index (κ2) is 7.46. The molecule has 0 fully saturated rings. The summed E-state index contributed by atoms with van der Waals surface area (Å²) in [7, 11) is 1.47. The molecule has 0 saturated heterocycles. The second-order valence-electron chi connectivity index (χ2n) is 6.80.